The number of carbonyl (C=O) groups is 1. The lowest BCUT2D eigenvalue weighted by atomic mass is 10.1. The summed E-state index contributed by atoms with van der Waals surface area (Å²) in [4.78, 5) is 32.7. The van der Waals surface area contributed by atoms with Gasteiger partial charge < -0.3 is 5.32 Å². The van der Waals surface area contributed by atoms with Gasteiger partial charge in [-0.15, -0.1) is 5.10 Å². The van der Waals surface area contributed by atoms with Crippen molar-refractivity contribution in [2.24, 2.45) is 10.2 Å². The normalized spacial score (nSPS) is 17.8. The average molecular weight is 399 g/mol. The fourth-order valence-electron chi connectivity index (χ4n) is 2.46. The van der Waals surface area contributed by atoms with Crippen LogP contribution in [0.15, 0.2) is 58.7 Å². The van der Waals surface area contributed by atoms with Gasteiger partial charge in [-0.2, -0.15) is 5.10 Å². The highest BCUT2D eigenvalue weighted by Gasteiger charge is 2.30. The van der Waals surface area contributed by atoms with Crippen LogP contribution in [-0.4, -0.2) is 32.4 Å². The van der Waals surface area contributed by atoms with Gasteiger partial charge in [0.05, 0.1) is 21.3 Å². The first-order valence-corrected chi connectivity index (χ1v) is 8.86. The number of nitro benzene ring substituents is 2. The highest BCUT2D eigenvalue weighted by molar-refractivity contribution is 8.15. The van der Waals surface area contributed by atoms with Crippen molar-refractivity contribution in [1.29, 1.82) is 0 Å². The summed E-state index contributed by atoms with van der Waals surface area (Å²) in [6, 6.07) is 12.0. The number of nitrogens with one attached hydrogen (secondary N) is 1. The number of carbonyl (C=O) groups excluding carboxylic acids is 1. The van der Waals surface area contributed by atoms with Crippen LogP contribution in [0.3, 0.4) is 0 Å². The number of hydrogen-bond donors (Lipinski definition) is 1. The van der Waals surface area contributed by atoms with E-state index in [1.54, 1.807) is 18.2 Å². The summed E-state index contributed by atoms with van der Waals surface area (Å²) in [5.74, 6) is -0.263. The number of rotatable bonds is 6. The zero-order chi connectivity index (χ0) is 20.1. The molecule has 142 valence electrons. The number of benzene rings is 2. The Morgan fingerprint density at radius 2 is 1.75 bits per heavy atom. The van der Waals surface area contributed by atoms with Gasteiger partial charge in [-0.3, -0.25) is 25.0 Å². The number of thioether (sulfide) groups is 1. The van der Waals surface area contributed by atoms with Crippen LogP contribution < -0.4 is 5.32 Å². The number of nitrogens with zero attached hydrogens (tertiary/aromatic N) is 4. The van der Waals surface area contributed by atoms with Crippen LogP contribution in [0.2, 0.25) is 0 Å². The van der Waals surface area contributed by atoms with Crippen LogP contribution in [-0.2, 0) is 11.2 Å². The molecule has 0 bridgehead atoms. The van der Waals surface area contributed by atoms with E-state index in [1.807, 2.05) is 0 Å². The molecule has 0 aliphatic carbocycles. The third-order valence-electron chi connectivity index (χ3n) is 3.76. The van der Waals surface area contributed by atoms with Crippen molar-refractivity contribution >= 4 is 40.4 Å². The van der Waals surface area contributed by atoms with Gasteiger partial charge >= 0.3 is 0 Å². The molecule has 1 aliphatic rings. The van der Waals surface area contributed by atoms with Gasteiger partial charge in [-0.1, -0.05) is 36.0 Å². The minimum atomic E-state index is -0.505. The van der Waals surface area contributed by atoms with Gasteiger partial charge in [0.2, 0.25) is 5.91 Å². The highest BCUT2D eigenvalue weighted by atomic mass is 32.2. The Labute approximate surface area is 162 Å². The van der Waals surface area contributed by atoms with E-state index in [2.05, 4.69) is 15.5 Å². The highest BCUT2D eigenvalue weighted by Crippen LogP contribution is 2.25. The molecule has 0 saturated carbocycles. The number of amides is 1. The molecule has 1 saturated heterocycles. The molecule has 10 nitrogen and oxygen atoms in total. The van der Waals surface area contributed by atoms with Gasteiger partial charge in [-0.05, 0) is 12.0 Å². The van der Waals surface area contributed by atoms with Gasteiger partial charge in [0.25, 0.3) is 11.4 Å². The smallest absolute Gasteiger partial charge is 0.270 e. The molecule has 0 spiro atoms. The molecule has 11 heteroatoms. The fraction of sp³-hybridized carbons (Fsp3) is 0.118. The van der Waals surface area contributed by atoms with E-state index in [-0.39, 0.29) is 17.3 Å². The molecule has 1 amide bonds. The second kappa shape index (κ2) is 8.39. The Morgan fingerprint density at radius 1 is 1.07 bits per heavy atom. The van der Waals surface area contributed by atoms with E-state index in [9.17, 15) is 25.0 Å². The number of hydrogen-bond acceptors (Lipinski definition) is 8. The molecule has 0 unspecified atom stereocenters. The molecular weight excluding hydrogens is 386 g/mol. The summed E-state index contributed by atoms with van der Waals surface area (Å²) in [5, 5.41) is 31.8. The van der Waals surface area contributed by atoms with Crippen molar-refractivity contribution in [2.75, 3.05) is 0 Å². The molecule has 3 rings (SSSR count). The Hall–Kier alpha value is -3.60. The van der Waals surface area contributed by atoms with Gasteiger partial charge in [0, 0.05) is 29.8 Å². The van der Waals surface area contributed by atoms with Gasteiger partial charge in [0.1, 0.15) is 0 Å². The molecule has 1 aliphatic heterocycles. The Kier molecular flexibility index (Phi) is 5.75. The number of amidine groups is 1. The second-order valence-corrected chi connectivity index (χ2v) is 6.92. The van der Waals surface area contributed by atoms with E-state index >= 15 is 0 Å². The molecule has 28 heavy (non-hydrogen) atoms. The third-order valence-corrected chi connectivity index (χ3v) is 4.83. The summed E-state index contributed by atoms with van der Waals surface area (Å²) < 4.78 is 0. The first-order valence-electron chi connectivity index (χ1n) is 7.99. The van der Waals surface area contributed by atoms with Gasteiger partial charge in [0.15, 0.2) is 5.17 Å². The van der Waals surface area contributed by atoms with E-state index in [4.69, 9.17) is 0 Å². The summed E-state index contributed by atoms with van der Waals surface area (Å²) in [7, 11) is 0. The minimum Gasteiger partial charge on any atom is -0.303 e. The van der Waals surface area contributed by atoms with Gasteiger partial charge in [-0.25, -0.2) is 0 Å². The molecule has 1 heterocycles. The monoisotopic (exact) mass is 399 g/mol. The molecule has 0 aromatic heterocycles. The maximum Gasteiger partial charge on any atom is 0.270 e. The largest absolute Gasteiger partial charge is 0.303 e. The topological polar surface area (TPSA) is 140 Å². The van der Waals surface area contributed by atoms with E-state index < -0.39 is 15.1 Å². The van der Waals surface area contributed by atoms with Crippen molar-refractivity contribution in [3.8, 4) is 0 Å². The van der Waals surface area contributed by atoms with Crippen molar-refractivity contribution in [3.05, 3.63) is 79.9 Å². The summed E-state index contributed by atoms with van der Waals surface area (Å²) in [5.41, 5.74) is 1.08. The standard InChI is InChI=1S/C17H13N5O5S/c23-16-15(9-11-3-1-5-13(7-11)21(24)25)28-17(19-16)20-18-10-12-4-2-6-14(8-12)22(26)27/h1-8,10,15H,9H2,(H,19,20,23)/b18-10-/t15-/m0/s1. The Morgan fingerprint density at radius 3 is 2.46 bits per heavy atom. The molecular formula is C17H13N5O5S. The van der Waals surface area contributed by atoms with Crippen LogP contribution in [0.1, 0.15) is 11.1 Å². The third kappa shape index (κ3) is 4.76. The predicted octanol–water partition coefficient (Wildman–Crippen LogP) is 2.67. The first-order chi connectivity index (χ1) is 13.4. The molecule has 2 aromatic carbocycles. The maximum absolute atomic E-state index is 12.1. The number of non-ortho nitro benzene ring substituents is 2. The lowest BCUT2D eigenvalue weighted by molar-refractivity contribution is -0.385. The maximum atomic E-state index is 12.1. The lowest BCUT2D eigenvalue weighted by Gasteiger charge is -2.04. The van der Waals surface area contributed by atoms with Crippen molar-refractivity contribution in [1.82, 2.24) is 5.32 Å². The quantitative estimate of drug-likeness (QED) is 0.450. The van der Waals surface area contributed by atoms with Crippen LogP contribution in [0, 0.1) is 20.2 Å². The first kappa shape index (κ1) is 19.2. The number of nitro groups is 2. The van der Waals surface area contributed by atoms with Crippen LogP contribution in [0.5, 0.6) is 0 Å². The van der Waals surface area contributed by atoms with E-state index in [1.165, 1.54) is 48.3 Å². The van der Waals surface area contributed by atoms with Crippen LogP contribution in [0.25, 0.3) is 0 Å². The molecule has 1 atom stereocenters. The van der Waals surface area contributed by atoms with Crippen LogP contribution >= 0.6 is 11.8 Å². The average Bonchev–Trinajstić information content (AvgIpc) is 3.01. The zero-order valence-corrected chi connectivity index (χ0v) is 15.0. The zero-order valence-electron chi connectivity index (χ0n) is 14.2. The molecule has 1 fully saturated rings. The van der Waals surface area contributed by atoms with Crippen molar-refractivity contribution in [2.45, 2.75) is 11.7 Å². The molecule has 1 N–H and O–H groups in total. The second-order valence-electron chi connectivity index (χ2n) is 5.73. The SMILES string of the molecule is O=C1N/C(=N\N=C/c2cccc([N+](=O)[O-])c2)S[C@H]1Cc1cccc([N+](=O)[O-])c1. The van der Waals surface area contributed by atoms with E-state index in [0.717, 1.165) is 0 Å². The predicted molar refractivity (Wildman–Crippen MR) is 104 cm³/mol. The minimum absolute atomic E-state index is 0.0312. The molecule has 2 aromatic rings. The Balaban J connectivity index is 1.65. The lowest BCUT2D eigenvalue weighted by Crippen LogP contribution is -2.25. The van der Waals surface area contributed by atoms with E-state index in [0.29, 0.717) is 22.7 Å². The summed E-state index contributed by atoms with van der Waals surface area (Å²) >= 11 is 1.17. The van der Waals surface area contributed by atoms with Crippen molar-refractivity contribution < 1.29 is 14.6 Å². The summed E-state index contributed by atoms with van der Waals surface area (Å²) in [6.07, 6.45) is 1.66. The Bertz CT molecular complexity index is 1010. The van der Waals surface area contributed by atoms with Crippen LogP contribution in [0.4, 0.5) is 11.4 Å². The van der Waals surface area contributed by atoms with Crippen molar-refractivity contribution in [3.63, 3.8) is 0 Å². The fourth-order valence-corrected chi connectivity index (χ4v) is 3.43. The molecule has 0 radical (unpaired) electrons. The summed E-state index contributed by atoms with van der Waals surface area (Å²) in [6.45, 7) is 0.